The van der Waals surface area contributed by atoms with E-state index in [2.05, 4.69) is 43.2 Å². The van der Waals surface area contributed by atoms with Crippen molar-refractivity contribution in [3.63, 3.8) is 0 Å². The molecule has 1 atom stereocenters. The van der Waals surface area contributed by atoms with Crippen LogP contribution in [0.5, 0.6) is 0 Å². The number of hydrogen-bond acceptors (Lipinski definition) is 5. The van der Waals surface area contributed by atoms with Crippen LogP contribution in [-0.2, 0) is 16.0 Å². The fraction of sp³-hybridized carbons (Fsp3) is 0.227. The largest absolute Gasteiger partial charge is 0.448 e. The van der Waals surface area contributed by atoms with Crippen LogP contribution in [0.25, 0.3) is 11.3 Å². The lowest BCUT2D eigenvalue weighted by atomic mass is 9.98. The molecule has 4 rings (SSSR count). The van der Waals surface area contributed by atoms with Crippen LogP contribution in [0, 0.1) is 20.8 Å². The van der Waals surface area contributed by atoms with Gasteiger partial charge < -0.3 is 4.74 Å². The summed E-state index contributed by atoms with van der Waals surface area (Å²) >= 11 is 1.36. The standard InChI is InChI=1S/C22H20N2O3S/c1-12-8-13(2)19(14(3)9-12)17-11-28-22(23-17)24-20(25)18-10-15-6-4-5-7-16(15)21(26)27-18/h4-9,11,18H,10H2,1-3H3,(H,23,24,25). The van der Waals surface area contributed by atoms with Gasteiger partial charge in [0.2, 0.25) is 0 Å². The van der Waals surface area contributed by atoms with E-state index in [0.717, 1.165) is 27.9 Å². The van der Waals surface area contributed by atoms with E-state index in [4.69, 9.17) is 4.74 Å². The molecule has 1 amide bonds. The molecule has 1 aromatic heterocycles. The third kappa shape index (κ3) is 3.43. The quantitative estimate of drug-likeness (QED) is 0.669. The van der Waals surface area contributed by atoms with Crippen molar-refractivity contribution in [1.29, 1.82) is 0 Å². The third-order valence-electron chi connectivity index (χ3n) is 4.85. The van der Waals surface area contributed by atoms with Gasteiger partial charge in [0.1, 0.15) is 0 Å². The Labute approximate surface area is 167 Å². The Kier molecular flexibility index (Phi) is 4.73. The minimum absolute atomic E-state index is 0.360. The number of benzene rings is 2. The summed E-state index contributed by atoms with van der Waals surface area (Å²) in [4.78, 5) is 29.3. The minimum Gasteiger partial charge on any atom is -0.448 e. The lowest BCUT2D eigenvalue weighted by molar-refractivity contribution is -0.125. The van der Waals surface area contributed by atoms with Crippen molar-refractivity contribution in [3.8, 4) is 11.3 Å². The number of aromatic nitrogens is 1. The fourth-order valence-electron chi connectivity index (χ4n) is 3.69. The lowest BCUT2D eigenvalue weighted by Gasteiger charge is -2.23. The Morgan fingerprint density at radius 3 is 2.64 bits per heavy atom. The summed E-state index contributed by atoms with van der Waals surface area (Å²) in [6.07, 6.45) is -0.486. The molecule has 5 nitrogen and oxygen atoms in total. The van der Waals surface area contributed by atoms with Gasteiger partial charge in [-0.1, -0.05) is 35.9 Å². The molecule has 2 aromatic carbocycles. The highest BCUT2D eigenvalue weighted by atomic mass is 32.1. The van der Waals surface area contributed by atoms with Crippen molar-refractivity contribution >= 4 is 28.3 Å². The number of carbonyl (C=O) groups is 2. The zero-order valence-electron chi connectivity index (χ0n) is 15.9. The Hall–Kier alpha value is -2.99. The summed E-state index contributed by atoms with van der Waals surface area (Å²) in [6, 6.07) is 11.4. The fourth-order valence-corrected chi connectivity index (χ4v) is 4.40. The van der Waals surface area contributed by atoms with Crippen LogP contribution in [0.3, 0.4) is 0 Å². The first-order chi connectivity index (χ1) is 13.4. The first-order valence-electron chi connectivity index (χ1n) is 9.06. The van der Waals surface area contributed by atoms with Gasteiger partial charge in [0.15, 0.2) is 11.2 Å². The van der Waals surface area contributed by atoms with E-state index in [1.807, 2.05) is 17.5 Å². The van der Waals surface area contributed by atoms with Crippen LogP contribution in [0.4, 0.5) is 5.13 Å². The highest BCUT2D eigenvalue weighted by molar-refractivity contribution is 7.14. The predicted octanol–water partition coefficient (Wildman–Crippen LogP) is 4.46. The van der Waals surface area contributed by atoms with Crippen molar-refractivity contribution in [3.05, 3.63) is 69.6 Å². The molecule has 0 saturated heterocycles. The summed E-state index contributed by atoms with van der Waals surface area (Å²) in [6.45, 7) is 6.19. The molecule has 1 aliphatic rings. The first-order valence-corrected chi connectivity index (χ1v) is 9.94. The molecular formula is C22H20N2O3S. The van der Waals surface area contributed by atoms with Gasteiger partial charge in [0, 0.05) is 17.4 Å². The number of anilines is 1. The van der Waals surface area contributed by atoms with E-state index in [1.54, 1.807) is 12.1 Å². The van der Waals surface area contributed by atoms with E-state index in [1.165, 1.54) is 16.9 Å². The molecular weight excluding hydrogens is 372 g/mol. The first kappa shape index (κ1) is 18.4. The van der Waals surface area contributed by atoms with Crippen LogP contribution >= 0.6 is 11.3 Å². The van der Waals surface area contributed by atoms with Gasteiger partial charge in [-0.15, -0.1) is 11.3 Å². The van der Waals surface area contributed by atoms with Gasteiger partial charge in [0.05, 0.1) is 11.3 Å². The maximum absolute atomic E-state index is 12.6. The average molecular weight is 392 g/mol. The number of ether oxygens (including phenoxy) is 1. The van der Waals surface area contributed by atoms with E-state index in [-0.39, 0.29) is 5.91 Å². The molecule has 6 heteroatoms. The second-order valence-corrected chi connectivity index (χ2v) is 7.91. The number of thiazole rings is 1. The Morgan fingerprint density at radius 1 is 1.18 bits per heavy atom. The number of cyclic esters (lactones) is 1. The lowest BCUT2D eigenvalue weighted by Crippen LogP contribution is -2.37. The molecule has 1 unspecified atom stereocenters. The topological polar surface area (TPSA) is 68.3 Å². The van der Waals surface area contributed by atoms with Gasteiger partial charge in [-0.2, -0.15) is 0 Å². The highest BCUT2D eigenvalue weighted by Crippen LogP contribution is 2.31. The molecule has 3 aromatic rings. The monoisotopic (exact) mass is 392 g/mol. The summed E-state index contributed by atoms with van der Waals surface area (Å²) in [5, 5.41) is 5.22. The van der Waals surface area contributed by atoms with Crippen LogP contribution in [0.1, 0.15) is 32.6 Å². The maximum Gasteiger partial charge on any atom is 0.339 e. The van der Waals surface area contributed by atoms with Crippen molar-refractivity contribution in [1.82, 2.24) is 4.98 Å². The maximum atomic E-state index is 12.6. The summed E-state index contributed by atoms with van der Waals surface area (Å²) in [7, 11) is 0. The molecule has 142 valence electrons. The van der Waals surface area contributed by atoms with Crippen molar-refractivity contribution in [2.45, 2.75) is 33.3 Å². The Balaban J connectivity index is 1.52. The third-order valence-corrected chi connectivity index (χ3v) is 5.61. The number of rotatable bonds is 3. The molecule has 0 saturated carbocycles. The second kappa shape index (κ2) is 7.20. The predicted molar refractivity (Wildman–Crippen MR) is 110 cm³/mol. The smallest absolute Gasteiger partial charge is 0.339 e. The van der Waals surface area contributed by atoms with E-state index >= 15 is 0 Å². The zero-order valence-corrected chi connectivity index (χ0v) is 16.7. The molecule has 0 bridgehead atoms. The van der Waals surface area contributed by atoms with E-state index in [0.29, 0.717) is 17.1 Å². The molecule has 0 radical (unpaired) electrons. The van der Waals surface area contributed by atoms with Gasteiger partial charge in [0.25, 0.3) is 5.91 Å². The molecule has 1 aliphatic heterocycles. The van der Waals surface area contributed by atoms with Crippen LogP contribution in [-0.4, -0.2) is 23.0 Å². The SMILES string of the molecule is Cc1cc(C)c(-c2csc(NC(=O)C3Cc4ccccc4C(=O)O3)n2)c(C)c1. The van der Waals surface area contributed by atoms with Gasteiger partial charge in [-0.05, 0) is 43.5 Å². The molecule has 2 heterocycles. The number of hydrogen-bond donors (Lipinski definition) is 1. The molecule has 0 fully saturated rings. The van der Waals surface area contributed by atoms with Gasteiger partial charge in [-0.3, -0.25) is 10.1 Å². The number of amides is 1. The molecule has 0 spiro atoms. The number of aryl methyl sites for hydroxylation is 3. The van der Waals surface area contributed by atoms with Crippen molar-refractivity contribution < 1.29 is 14.3 Å². The van der Waals surface area contributed by atoms with Gasteiger partial charge >= 0.3 is 5.97 Å². The zero-order chi connectivity index (χ0) is 19.8. The minimum atomic E-state index is -0.849. The summed E-state index contributed by atoms with van der Waals surface area (Å²) < 4.78 is 5.32. The number of esters is 1. The van der Waals surface area contributed by atoms with Crippen molar-refractivity contribution in [2.24, 2.45) is 0 Å². The summed E-state index contributed by atoms with van der Waals surface area (Å²) in [5.41, 5.74) is 6.78. The number of carbonyl (C=O) groups excluding carboxylic acids is 2. The molecule has 1 N–H and O–H groups in total. The number of nitrogens with zero attached hydrogens (tertiary/aromatic N) is 1. The van der Waals surface area contributed by atoms with E-state index < -0.39 is 12.1 Å². The number of fused-ring (bicyclic) bond motifs is 1. The van der Waals surface area contributed by atoms with Crippen LogP contribution in [0.2, 0.25) is 0 Å². The molecule has 28 heavy (non-hydrogen) atoms. The second-order valence-electron chi connectivity index (χ2n) is 7.06. The van der Waals surface area contributed by atoms with Crippen molar-refractivity contribution in [2.75, 3.05) is 5.32 Å². The normalized spacial score (nSPS) is 15.7. The van der Waals surface area contributed by atoms with Gasteiger partial charge in [-0.25, -0.2) is 9.78 Å². The average Bonchev–Trinajstić information content (AvgIpc) is 3.08. The molecule has 0 aliphatic carbocycles. The highest BCUT2D eigenvalue weighted by Gasteiger charge is 2.31. The Bertz CT molecular complexity index is 1060. The van der Waals surface area contributed by atoms with Crippen LogP contribution in [0.15, 0.2) is 41.8 Å². The van der Waals surface area contributed by atoms with E-state index in [9.17, 15) is 9.59 Å². The Morgan fingerprint density at radius 2 is 1.89 bits per heavy atom. The summed E-state index contributed by atoms with van der Waals surface area (Å²) in [5.74, 6) is -0.825. The van der Waals surface area contributed by atoms with Crippen LogP contribution < -0.4 is 5.32 Å². The number of nitrogens with one attached hydrogen (secondary N) is 1.